The third-order valence-corrected chi connectivity index (χ3v) is 3.50. The SMILES string of the molecule is CC(C)(CNC(=O)c1cc(C(F)(F)F)ccc1Br)C(=O)O. The minimum Gasteiger partial charge on any atom is -0.481 e. The van der Waals surface area contributed by atoms with Crippen LogP contribution in [-0.4, -0.2) is 23.5 Å². The largest absolute Gasteiger partial charge is 0.481 e. The maximum absolute atomic E-state index is 12.6. The summed E-state index contributed by atoms with van der Waals surface area (Å²) in [5.74, 6) is -1.90. The van der Waals surface area contributed by atoms with Crippen LogP contribution in [0.25, 0.3) is 0 Å². The van der Waals surface area contributed by atoms with E-state index in [9.17, 15) is 22.8 Å². The lowest BCUT2D eigenvalue weighted by molar-refractivity contribution is -0.146. The Kier molecular flexibility index (Phi) is 5.03. The highest BCUT2D eigenvalue weighted by Crippen LogP contribution is 2.31. The van der Waals surface area contributed by atoms with Crippen LogP contribution in [0.1, 0.15) is 29.8 Å². The topological polar surface area (TPSA) is 66.4 Å². The van der Waals surface area contributed by atoms with Crippen LogP contribution >= 0.6 is 15.9 Å². The standard InChI is InChI=1S/C13H13BrF3NO3/c1-12(2,11(20)21)6-18-10(19)8-5-7(13(15,16)17)3-4-9(8)14/h3-5H,6H2,1-2H3,(H,18,19)(H,20,21). The summed E-state index contributed by atoms with van der Waals surface area (Å²) < 4.78 is 38.1. The number of hydrogen-bond acceptors (Lipinski definition) is 2. The van der Waals surface area contributed by atoms with Gasteiger partial charge in [-0.2, -0.15) is 13.2 Å². The number of nitrogens with one attached hydrogen (secondary N) is 1. The van der Waals surface area contributed by atoms with Crippen molar-refractivity contribution in [2.45, 2.75) is 20.0 Å². The first-order chi connectivity index (χ1) is 9.45. The zero-order chi connectivity index (χ0) is 16.4. The van der Waals surface area contributed by atoms with Crippen molar-refractivity contribution in [2.75, 3.05) is 6.54 Å². The Morgan fingerprint density at radius 1 is 1.29 bits per heavy atom. The molecule has 0 aliphatic heterocycles. The van der Waals surface area contributed by atoms with Gasteiger partial charge in [-0.3, -0.25) is 9.59 Å². The molecule has 8 heteroatoms. The van der Waals surface area contributed by atoms with Gasteiger partial charge in [0.2, 0.25) is 0 Å². The van der Waals surface area contributed by atoms with E-state index in [4.69, 9.17) is 5.11 Å². The highest BCUT2D eigenvalue weighted by Gasteiger charge is 2.32. The first kappa shape index (κ1) is 17.5. The molecule has 0 spiro atoms. The van der Waals surface area contributed by atoms with Crippen molar-refractivity contribution < 1.29 is 27.9 Å². The zero-order valence-corrected chi connectivity index (χ0v) is 12.8. The van der Waals surface area contributed by atoms with Gasteiger partial charge in [-0.05, 0) is 48.0 Å². The van der Waals surface area contributed by atoms with Crippen LogP contribution < -0.4 is 5.32 Å². The van der Waals surface area contributed by atoms with Crippen LogP contribution in [0.15, 0.2) is 22.7 Å². The fourth-order valence-corrected chi connectivity index (χ4v) is 1.77. The number of amides is 1. The van der Waals surface area contributed by atoms with Gasteiger partial charge in [-0.15, -0.1) is 0 Å². The number of alkyl halides is 3. The minimum atomic E-state index is -4.56. The minimum absolute atomic E-state index is 0.195. The van der Waals surface area contributed by atoms with Gasteiger partial charge in [0.05, 0.1) is 16.5 Å². The molecule has 0 saturated heterocycles. The predicted octanol–water partition coefficient (Wildman–Crippen LogP) is 3.31. The summed E-state index contributed by atoms with van der Waals surface area (Å²) in [6.45, 7) is 2.59. The monoisotopic (exact) mass is 367 g/mol. The average Bonchev–Trinajstić information content (AvgIpc) is 2.35. The molecule has 0 aliphatic rings. The molecule has 1 rings (SSSR count). The second-order valence-electron chi connectivity index (χ2n) is 5.06. The van der Waals surface area contributed by atoms with Crippen LogP contribution in [0.5, 0.6) is 0 Å². The summed E-state index contributed by atoms with van der Waals surface area (Å²) in [6.07, 6.45) is -4.56. The van der Waals surface area contributed by atoms with Gasteiger partial charge in [0.1, 0.15) is 0 Å². The van der Waals surface area contributed by atoms with Gasteiger partial charge >= 0.3 is 12.1 Å². The summed E-state index contributed by atoms with van der Waals surface area (Å²) >= 11 is 3.00. The molecule has 1 aromatic rings. The molecule has 0 bridgehead atoms. The number of carbonyl (C=O) groups excluding carboxylic acids is 1. The number of rotatable bonds is 4. The summed E-state index contributed by atoms with van der Waals surface area (Å²) in [7, 11) is 0. The average molecular weight is 368 g/mol. The van der Waals surface area contributed by atoms with E-state index in [1.54, 1.807) is 0 Å². The molecule has 21 heavy (non-hydrogen) atoms. The van der Waals surface area contributed by atoms with Crippen LogP contribution in [-0.2, 0) is 11.0 Å². The van der Waals surface area contributed by atoms with Crippen molar-refractivity contribution in [2.24, 2.45) is 5.41 Å². The highest BCUT2D eigenvalue weighted by atomic mass is 79.9. The van der Waals surface area contributed by atoms with E-state index < -0.39 is 29.0 Å². The van der Waals surface area contributed by atoms with Crippen molar-refractivity contribution in [1.82, 2.24) is 5.32 Å². The number of halogens is 4. The number of hydrogen-bond donors (Lipinski definition) is 2. The smallest absolute Gasteiger partial charge is 0.416 e. The number of carboxylic acid groups (broad SMARTS) is 1. The Morgan fingerprint density at radius 3 is 2.33 bits per heavy atom. The zero-order valence-electron chi connectivity index (χ0n) is 11.2. The lowest BCUT2D eigenvalue weighted by Gasteiger charge is -2.20. The van der Waals surface area contributed by atoms with E-state index in [1.807, 2.05) is 0 Å². The molecule has 1 amide bonds. The molecule has 0 aliphatic carbocycles. The highest BCUT2D eigenvalue weighted by molar-refractivity contribution is 9.10. The fourth-order valence-electron chi connectivity index (χ4n) is 1.35. The first-order valence-corrected chi connectivity index (χ1v) is 6.63. The number of carbonyl (C=O) groups is 2. The normalized spacial score (nSPS) is 12.1. The third kappa shape index (κ3) is 4.45. The third-order valence-electron chi connectivity index (χ3n) is 2.81. The quantitative estimate of drug-likeness (QED) is 0.857. The molecule has 0 unspecified atom stereocenters. The van der Waals surface area contributed by atoms with Crippen molar-refractivity contribution in [3.63, 3.8) is 0 Å². The molecule has 0 heterocycles. The van der Waals surface area contributed by atoms with Gasteiger partial charge in [-0.25, -0.2) is 0 Å². The van der Waals surface area contributed by atoms with E-state index in [0.717, 1.165) is 12.1 Å². The van der Waals surface area contributed by atoms with E-state index in [-0.39, 0.29) is 16.6 Å². The van der Waals surface area contributed by atoms with Gasteiger partial charge in [0.25, 0.3) is 5.91 Å². The van der Waals surface area contributed by atoms with E-state index in [1.165, 1.54) is 13.8 Å². The van der Waals surface area contributed by atoms with Crippen LogP contribution in [0.4, 0.5) is 13.2 Å². The van der Waals surface area contributed by atoms with Crippen molar-refractivity contribution in [3.8, 4) is 0 Å². The molecule has 4 nitrogen and oxygen atoms in total. The first-order valence-electron chi connectivity index (χ1n) is 5.83. The van der Waals surface area contributed by atoms with Gasteiger partial charge in [-0.1, -0.05) is 0 Å². The maximum Gasteiger partial charge on any atom is 0.416 e. The Hall–Kier alpha value is -1.57. The lowest BCUT2D eigenvalue weighted by Crippen LogP contribution is -2.39. The summed E-state index contributed by atoms with van der Waals surface area (Å²) in [5, 5.41) is 11.2. The summed E-state index contributed by atoms with van der Waals surface area (Å²) in [4.78, 5) is 22.8. The molecule has 2 N–H and O–H groups in total. The molecular formula is C13H13BrF3NO3. The molecule has 0 fully saturated rings. The Bertz CT molecular complexity index is 570. The Morgan fingerprint density at radius 2 is 1.86 bits per heavy atom. The fraction of sp³-hybridized carbons (Fsp3) is 0.385. The van der Waals surface area contributed by atoms with Gasteiger partial charge in [0, 0.05) is 11.0 Å². The van der Waals surface area contributed by atoms with Crippen molar-refractivity contribution in [3.05, 3.63) is 33.8 Å². The van der Waals surface area contributed by atoms with Crippen molar-refractivity contribution in [1.29, 1.82) is 0 Å². The van der Waals surface area contributed by atoms with Crippen molar-refractivity contribution >= 4 is 27.8 Å². The number of aliphatic carboxylic acids is 1. The second kappa shape index (κ2) is 6.05. The summed E-state index contributed by atoms with van der Waals surface area (Å²) in [6, 6.07) is 2.69. The van der Waals surface area contributed by atoms with E-state index in [2.05, 4.69) is 21.2 Å². The molecule has 0 saturated carbocycles. The molecule has 0 atom stereocenters. The molecule has 1 aromatic carbocycles. The number of benzene rings is 1. The Balaban J connectivity index is 2.95. The summed E-state index contributed by atoms with van der Waals surface area (Å²) in [5.41, 5.74) is -2.37. The van der Waals surface area contributed by atoms with E-state index in [0.29, 0.717) is 6.07 Å². The number of carboxylic acids is 1. The van der Waals surface area contributed by atoms with Gasteiger partial charge < -0.3 is 10.4 Å². The van der Waals surface area contributed by atoms with Gasteiger partial charge in [0.15, 0.2) is 0 Å². The van der Waals surface area contributed by atoms with E-state index >= 15 is 0 Å². The second-order valence-corrected chi connectivity index (χ2v) is 5.92. The predicted molar refractivity (Wildman–Crippen MR) is 72.9 cm³/mol. The van der Waals surface area contributed by atoms with Crippen LogP contribution in [0, 0.1) is 5.41 Å². The Labute approximate surface area is 127 Å². The molecular weight excluding hydrogens is 355 g/mol. The lowest BCUT2D eigenvalue weighted by atomic mass is 9.94. The molecule has 116 valence electrons. The molecule has 0 radical (unpaired) electrons. The van der Waals surface area contributed by atoms with Crippen LogP contribution in [0.2, 0.25) is 0 Å². The maximum atomic E-state index is 12.6. The van der Waals surface area contributed by atoms with Crippen LogP contribution in [0.3, 0.4) is 0 Å². The molecule has 0 aromatic heterocycles.